The van der Waals surface area contributed by atoms with Gasteiger partial charge in [-0.05, 0) is 40.2 Å². The van der Waals surface area contributed by atoms with Gasteiger partial charge in [0.25, 0.3) is 0 Å². The maximum absolute atomic E-state index is 10.8. The van der Waals surface area contributed by atoms with E-state index in [9.17, 15) is 5.11 Å². The smallest absolute Gasteiger partial charge is 0.124 e. The number of aromatic hydroxyl groups is 1. The van der Waals surface area contributed by atoms with E-state index in [2.05, 4.69) is 59.0 Å². The zero-order chi connectivity index (χ0) is 18.1. The summed E-state index contributed by atoms with van der Waals surface area (Å²) >= 11 is 6.21. The van der Waals surface area contributed by atoms with Crippen LogP contribution in [-0.2, 0) is 17.4 Å². The molecule has 0 aliphatic rings. The summed E-state index contributed by atoms with van der Waals surface area (Å²) < 4.78 is 0. The first kappa shape index (κ1) is 18.7. The standard InChI is InChI=1S/C21H28ClNO/c1-20(2,3)15-11-14(19(24)16(12-15)21(4,5)6)13-23-18-10-8-7-9-17(18)22/h7-12,23-24H,13H2,1-6H3. The monoisotopic (exact) mass is 345 g/mol. The number of rotatable bonds is 3. The van der Waals surface area contributed by atoms with Gasteiger partial charge >= 0.3 is 0 Å². The summed E-state index contributed by atoms with van der Waals surface area (Å²) in [7, 11) is 0. The minimum absolute atomic E-state index is 0.0207. The predicted octanol–water partition coefficient (Wildman–Crippen LogP) is 6.25. The Bertz CT molecular complexity index is 724. The Morgan fingerprint density at radius 1 is 0.958 bits per heavy atom. The molecule has 0 aliphatic heterocycles. The lowest BCUT2D eigenvalue weighted by atomic mass is 9.79. The van der Waals surface area contributed by atoms with Gasteiger partial charge in [0.1, 0.15) is 5.75 Å². The lowest BCUT2D eigenvalue weighted by molar-refractivity contribution is 0.439. The first-order valence-electron chi connectivity index (χ1n) is 8.35. The fourth-order valence-corrected chi connectivity index (χ4v) is 2.83. The van der Waals surface area contributed by atoms with Gasteiger partial charge in [0.2, 0.25) is 0 Å². The third kappa shape index (κ3) is 4.24. The molecular weight excluding hydrogens is 318 g/mol. The second-order valence-electron chi connectivity index (χ2n) is 8.36. The first-order valence-corrected chi connectivity index (χ1v) is 8.73. The highest BCUT2D eigenvalue weighted by molar-refractivity contribution is 6.33. The Morgan fingerprint density at radius 2 is 1.58 bits per heavy atom. The molecule has 130 valence electrons. The van der Waals surface area contributed by atoms with Crippen molar-refractivity contribution in [3.05, 3.63) is 58.1 Å². The van der Waals surface area contributed by atoms with Gasteiger partial charge in [0, 0.05) is 12.1 Å². The molecule has 0 spiro atoms. The van der Waals surface area contributed by atoms with Crippen LogP contribution in [0.4, 0.5) is 5.69 Å². The van der Waals surface area contributed by atoms with Gasteiger partial charge in [-0.1, -0.05) is 71.3 Å². The molecule has 0 bridgehead atoms. The molecular formula is C21H28ClNO. The van der Waals surface area contributed by atoms with Crippen LogP contribution in [0.2, 0.25) is 5.02 Å². The highest BCUT2D eigenvalue weighted by Crippen LogP contribution is 2.38. The summed E-state index contributed by atoms with van der Waals surface area (Å²) in [5, 5.41) is 14.8. The number of benzene rings is 2. The van der Waals surface area contributed by atoms with Gasteiger partial charge in [0.15, 0.2) is 0 Å². The molecule has 0 aromatic heterocycles. The zero-order valence-corrected chi connectivity index (χ0v) is 16.3. The van der Waals surface area contributed by atoms with Crippen molar-refractivity contribution in [2.45, 2.75) is 58.9 Å². The van der Waals surface area contributed by atoms with Gasteiger partial charge in [-0.3, -0.25) is 0 Å². The van der Waals surface area contributed by atoms with E-state index >= 15 is 0 Å². The fraction of sp³-hybridized carbons (Fsp3) is 0.429. The summed E-state index contributed by atoms with van der Waals surface area (Å²) in [6.07, 6.45) is 0. The van der Waals surface area contributed by atoms with Crippen LogP contribution < -0.4 is 5.32 Å². The van der Waals surface area contributed by atoms with E-state index in [0.29, 0.717) is 17.3 Å². The van der Waals surface area contributed by atoms with Crippen molar-refractivity contribution in [1.82, 2.24) is 0 Å². The fourth-order valence-electron chi connectivity index (χ4n) is 2.63. The Kier molecular flexibility index (Phi) is 5.19. The summed E-state index contributed by atoms with van der Waals surface area (Å²) in [6, 6.07) is 11.9. The van der Waals surface area contributed by atoms with Crippen LogP contribution >= 0.6 is 11.6 Å². The lowest BCUT2D eigenvalue weighted by Gasteiger charge is -2.27. The van der Waals surface area contributed by atoms with Crippen LogP contribution in [-0.4, -0.2) is 5.11 Å². The van der Waals surface area contributed by atoms with E-state index in [1.165, 1.54) is 5.56 Å². The topological polar surface area (TPSA) is 32.3 Å². The third-order valence-corrected chi connectivity index (χ3v) is 4.54. The minimum Gasteiger partial charge on any atom is -0.507 e. The van der Waals surface area contributed by atoms with Gasteiger partial charge in [-0.2, -0.15) is 0 Å². The largest absolute Gasteiger partial charge is 0.507 e. The number of para-hydroxylation sites is 1. The molecule has 0 saturated carbocycles. The number of phenolic OH excluding ortho intramolecular Hbond substituents is 1. The van der Waals surface area contributed by atoms with E-state index in [4.69, 9.17) is 11.6 Å². The SMILES string of the molecule is CC(C)(C)c1cc(CNc2ccccc2Cl)c(O)c(C(C)(C)C)c1. The van der Waals surface area contributed by atoms with E-state index < -0.39 is 0 Å². The maximum atomic E-state index is 10.8. The molecule has 0 atom stereocenters. The third-order valence-electron chi connectivity index (χ3n) is 4.21. The molecule has 2 aromatic carbocycles. The summed E-state index contributed by atoms with van der Waals surface area (Å²) in [5.74, 6) is 0.370. The summed E-state index contributed by atoms with van der Waals surface area (Å²) in [6.45, 7) is 13.5. The Morgan fingerprint density at radius 3 is 2.12 bits per heavy atom. The highest BCUT2D eigenvalue weighted by atomic mass is 35.5. The molecule has 24 heavy (non-hydrogen) atoms. The molecule has 0 saturated heterocycles. The molecule has 0 aliphatic carbocycles. The normalized spacial score (nSPS) is 12.3. The van der Waals surface area contributed by atoms with Crippen LogP contribution in [0.3, 0.4) is 0 Å². The number of hydrogen-bond donors (Lipinski definition) is 2. The quantitative estimate of drug-likeness (QED) is 0.688. The van der Waals surface area contributed by atoms with Crippen molar-refractivity contribution in [3.63, 3.8) is 0 Å². The molecule has 2 rings (SSSR count). The van der Waals surface area contributed by atoms with Crippen LogP contribution in [0.15, 0.2) is 36.4 Å². The zero-order valence-electron chi connectivity index (χ0n) is 15.5. The predicted molar refractivity (Wildman–Crippen MR) is 104 cm³/mol. The van der Waals surface area contributed by atoms with Gasteiger partial charge in [-0.15, -0.1) is 0 Å². The molecule has 0 unspecified atom stereocenters. The minimum atomic E-state index is -0.121. The molecule has 0 fully saturated rings. The van der Waals surface area contributed by atoms with Crippen LogP contribution in [0, 0.1) is 0 Å². The van der Waals surface area contributed by atoms with E-state index in [-0.39, 0.29) is 10.8 Å². The molecule has 0 amide bonds. The first-order chi connectivity index (χ1) is 11.0. The second-order valence-corrected chi connectivity index (χ2v) is 8.77. The highest BCUT2D eigenvalue weighted by Gasteiger charge is 2.24. The lowest BCUT2D eigenvalue weighted by Crippen LogP contribution is -2.18. The summed E-state index contributed by atoms with van der Waals surface area (Å²) in [4.78, 5) is 0. The Hall–Kier alpha value is -1.67. The number of halogens is 1. The molecule has 3 heteroatoms. The molecule has 0 heterocycles. The Labute approximate surface area is 150 Å². The maximum Gasteiger partial charge on any atom is 0.124 e. The van der Waals surface area contributed by atoms with Gasteiger partial charge in [0.05, 0.1) is 10.7 Å². The second kappa shape index (κ2) is 6.68. The van der Waals surface area contributed by atoms with Crippen molar-refractivity contribution < 1.29 is 5.11 Å². The van der Waals surface area contributed by atoms with Crippen molar-refractivity contribution in [3.8, 4) is 5.75 Å². The van der Waals surface area contributed by atoms with Crippen molar-refractivity contribution >= 4 is 17.3 Å². The van der Waals surface area contributed by atoms with E-state index in [1.807, 2.05) is 24.3 Å². The van der Waals surface area contributed by atoms with Gasteiger partial charge in [-0.25, -0.2) is 0 Å². The Balaban J connectivity index is 2.43. The van der Waals surface area contributed by atoms with Gasteiger partial charge < -0.3 is 10.4 Å². The van der Waals surface area contributed by atoms with Crippen molar-refractivity contribution in [2.24, 2.45) is 0 Å². The van der Waals surface area contributed by atoms with Crippen LogP contribution in [0.5, 0.6) is 5.75 Å². The number of hydrogen-bond acceptors (Lipinski definition) is 2. The van der Waals surface area contributed by atoms with Crippen molar-refractivity contribution in [1.29, 1.82) is 0 Å². The van der Waals surface area contributed by atoms with E-state index in [0.717, 1.165) is 16.8 Å². The molecule has 0 radical (unpaired) electrons. The number of anilines is 1. The van der Waals surface area contributed by atoms with E-state index in [1.54, 1.807) is 0 Å². The molecule has 2 N–H and O–H groups in total. The average Bonchev–Trinajstić information content (AvgIpc) is 2.45. The molecule has 2 aromatic rings. The van der Waals surface area contributed by atoms with Crippen LogP contribution in [0.1, 0.15) is 58.2 Å². The van der Waals surface area contributed by atoms with Crippen LogP contribution in [0.25, 0.3) is 0 Å². The number of nitrogens with one attached hydrogen (secondary N) is 1. The average molecular weight is 346 g/mol. The number of phenols is 1. The van der Waals surface area contributed by atoms with Crippen molar-refractivity contribution in [2.75, 3.05) is 5.32 Å². The molecule has 2 nitrogen and oxygen atoms in total. The summed E-state index contributed by atoms with van der Waals surface area (Å²) in [5.41, 5.74) is 3.87.